The Hall–Kier alpha value is -2.71. The van der Waals surface area contributed by atoms with Crippen LogP contribution in [0.25, 0.3) is 5.69 Å². The third-order valence-electron chi connectivity index (χ3n) is 4.36. The van der Waals surface area contributed by atoms with Crippen LogP contribution in [0.5, 0.6) is 0 Å². The SMILES string of the molecule is COCc1nnc(SCc2ccccc2C(=O)NCC(C)C)n1-c1ccccc1F. The number of nitrogens with one attached hydrogen (secondary N) is 1. The molecule has 158 valence electrons. The first kappa shape index (κ1) is 22.0. The van der Waals surface area contributed by atoms with Gasteiger partial charge in [-0.05, 0) is 29.7 Å². The van der Waals surface area contributed by atoms with Crippen LogP contribution in [0.2, 0.25) is 0 Å². The summed E-state index contributed by atoms with van der Waals surface area (Å²) in [5.74, 6) is 0.896. The Balaban J connectivity index is 1.85. The first-order valence-electron chi connectivity index (χ1n) is 9.68. The van der Waals surface area contributed by atoms with Gasteiger partial charge in [0, 0.05) is 25.0 Å². The Bertz CT molecular complexity index is 1010. The highest BCUT2D eigenvalue weighted by molar-refractivity contribution is 7.98. The Morgan fingerprint density at radius 1 is 1.17 bits per heavy atom. The summed E-state index contributed by atoms with van der Waals surface area (Å²) < 4.78 is 21.3. The van der Waals surface area contributed by atoms with E-state index in [1.807, 2.05) is 24.3 Å². The van der Waals surface area contributed by atoms with Crippen LogP contribution in [0.15, 0.2) is 53.7 Å². The van der Waals surface area contributed by atoms with Gasteiger partial charge in [0.2, 0.25) is 0 Å². The van der Waals surface area contributed by atoms with Crippen molar-refractivity contribution in [3.8, 4) is 5.69 Å². The van der Waals surface area contributed by atoms with Crippen molar-refractivity contribution in [2.45, 2.75) is 31.4 Å². The molecule has 6 nitrogen and oxygen atoms in total. The second-order valence-corrected chi connectivity index (χ2v) is 8.11. The van der Waals surface area contributed by atoms with E-state index in [-0.39, 0.29) is 18.3 Å². The third kappa shape index (κ3) is 5.25. The van der Waals surface area contributed by atoms with Crippen molar-refractivity contribution in [1.82, 2.24) is 20.1 Å². The number of hydrogen-bond acceptors (Lipinski definition) is 5. The van der Waals surface area contributed by atoms with Gasteiger partial charge in [-0.3, -0.25) is 9.36 Å². The second kappa shape index (κ2) is 10.4. The molecule has 1 N–H and O–H groups in total. The number of thioether (sulfide) groups is 1. The molecule has 30 heavy (non-hydrogen) atoms. The number of carbonyl (C=O) groups excluding carboxylic acids is 1. The fourth-order valence-corrected chi connectivity index (χ4v) is 3.86. The molecular formula is C22H25FN4O2S. The summed E-state index contributed by atoms with van der Waals surface area (Å²) in [6.45, 7) is 4.92. The summed E-state index contributed by atoms with van der Waals surface area (Å²) in [7, 11) is 1.55. The summed E-state index contributed by atoms with van der Waals surface area (Å²) in [5.41, 5.74) is 1.86. The maximum absolute atomic E-state index is 14.5. The lowest BCUT2D eigenvalue weighted by Crippen LogP contribution is -2.28. The van der Waals surface area contributed by atoms with E-state index in [1.54, 1.807) is 29.9 Å². The molecule has 1 amide bonds. The summed E-state index contributed by atoms with van der Waals surface area (Å²) in [6, 6.07) is 13.9. The fourth-order valence-electron chi connectivity index (χ4n) is 2.89. The monoisotopic (exact) mass is 428 g/mol. The van der Waals surface area contributed by atoms with Crippen LogP contribution in [0.3, 0.4) is 0 Å². The summed E-state index contributed by atoms with van der Waals surface area (Å²) >= 11 is 1.39. The molecule has 0 saturated carbocycles. The van der Waals surface area contributed by atoms with Gasteiger partial charge < -0.3 is 10.1 Å². The zero-order valence-corrected chi connectivity index (χ0v) is 18.1. The normalized spacial score (nSPS) is 11.1. The smallest absolute Gasteiger partial charge is 0.251 e. The third-order valence-corrected chi connectivity index (χ3v) is 5.33. The average Bonchev–Trinajstić information content (AvgIpc) is 3.13. The van der Waals surface area contributed by atoms with Gasteiger partial charge in [-0.25, -0.2) is 4.39 Å². The average molecular weight is 429 g/mol. The van der Waals surface area contributed by atoms with E-state index in [4.69, 9.17) is 4.74 Å². The molecule has 0 bridgehead atoms. The molecule has 0 spiro atoms. The van der Waals surface area contributed by atoms with Crippen LogP contribution < -0.4 is 5.32 Å². The summed E-state index contributed by atoms with van der Waals surface area (Å²) in [6.07, 6.45) is 0. The topological polar surface area (TPSA) is 69.0 Å². The minimum Gasteiger partial charge on any atom is -0.377 e. The van der Waals surface area contributed by atoms with Gasteiger partial charge in [0.1, 0.15) is 12.4 Å². The summed E-state index contributed by atoms with van der Waals surface area (Å²) in [4.78, 5) is 12.6. The number of halogens is 1. The molecule has 8 heteroatoms. The predicted molar refractivity (Wildman–Crippen MR) is 115 cm³/mol. The van der Waals surface area contributed by atoms with Gasteiger partial charge in [0.25, 0.3) is 5.91 Å². The van der Waals surface area contributed by atoms with Crippen molar-refractivity contribution in [3.05, 3.63) is 71.3 Å². The van der Waals surface area contributed by atoms with Crippen molar-refractivity contribution in [1.29, 1.82) is 0 Å². The number of amides is 1. The Morgan fingerprint density at radius 2 is 1.90 bits per heavy atom. The molecule has 0 atom stereocenters. The molecule has 1 heterocycles. The Kier molecular flexibility index (Phi) is 7.59. The Labute approximate surface area is 179 Å². The molecule has 1 aromatic heterocycles. The molecule has 0 radical (unpaired) electrons. The Morgan fingerprint density at radius 3 is 2.63 bits per heavy atom. The molecule has 0 aliphatic rings. The van der Waals surface area contributed by atoms with Gasteiger partial charge >= 0.3 is 0 Å². The highest BCUT2D eigenvalue weighted by Gasteiger charge is 2.18. The van der Waals surface area contributed by atoms with E-state index in [0.29, 0.717) is 40.4 Å². The molecule has 0 unspecified atom stereocenters. The number of methoxy groups -OCH3 is 1. The van der Waals surface area contributed by atoms with Gasteiger partial charge in [0.05, 0.1) is 5.69 Å². The molecule has 0 aliphatic heterocycles. The minimum absolute atomic E-state index is 0.101. The first-order chi connectivity index (χ1) is 14.5. The molecule has 3 rings (SSSR count). The summed E-state index contributed by atoms with van der Waals surface area (Å²) in [5, 5.41) is 11.9. The van der Waals surface area contributed by atoms with Gasteiger partial charge in [-0.1, -0.05) is 55.9 Å². The number of rotatable bonds is 9. The van der Waals surface area contributed by atoms with Crippen LogP contribution in [0, 0.1) is 11.7 Å². The van der Waals surface area contributed by atoms with Gasteiger partial charge in [-0.2, -0.15) is 0 Å². The maximum Gasteiger partial charge on any atom is 0.251 e. The predicted octanol–water partition coefficient (Wildman–Crippen LogP) is 4.23. The van der Waals surface area contributed by atoms with Crippen molar-refractivity contribution in [2.75, 3.05) is 13.7 Å². The highest BCUT2D eigenvalue weighted by Crippen LogP contribution is 2.28. The zero-order chi connectivity index (χ0) is 21.5. The first-order valence-corrected chi connectivity index (χ1v) is 10.7. The maximum atomic E-state index is 14.5. The van der Waals surface area contributed by atoms with Crippen LogP contribution in [-0.4, -0.2) is 34.3 Å². The number of benzene rings is 2. The molecule has 0 aliphatic carbocycles. The standard InChI is InChI=1S/C22H25FN4O2S/c1-15(2)12-24-21(28)17-9-5-4-8-16(17)14-30-22-26-25-20(13-29-3)27(22)19-11-7-6-10-18(19)23/h4-11,15H,12-14H2,1-3H3,(H,24,28). The van der Waals surface area contributed by atoms with Crippen LogP contribution in [-0.2, 0) is 17.1 Å². The quantitative estimate of drug-likeness (QED) is 0.517. The lowest BCUT2D eigenvalue weighted by Gasteiger charge is -2.13. The van der Waals surface area contributed by atoms with Gasteiger partial charge in [-0.15, -0.1) is 10.2 Å². The zero-order valence-electron chi connectivity index (χ0n) is 17.3. The van der Waals surface area contributed by atoms with Crippen molar-refractivity contribution in [2.24, 2.45) is 5.92 Å². The van der Waals surface area contributed by atoms with E-state index in [2.05, 4.69) is 29.4 Å². The number of hydrogen-bond donors (Lipinski definition) is 1. The number of carbonyl (C=O) groups is 1. The molecule has 0 fully saturated rings. The second-order valence-electron chi connectivity index (χ2n) is 7.17. The lowest BCUT2D eigenvalue weighted by molar-refractivity contribution is 0.0948. The van der Waals surface area contributed by atoms with Crippen LogP contribution in [0.4, 0.5) is 4.39 Å². The number of nitrogens with zero attached hydrogens (tertiary/aromatic N) is 3. The minimum atomic E-state index is -0.370. The lowest BCUT2D eigenvalue weighted by atomic mass is 10.1. The molecular weight excluding hydrogens is 403 g/mol. The van der Waals surface area contributed by atoms with E-state index in [9.17, 15) is 9.18 Å². The number of para-hydroxylation sites is 1. The molecule has 2 aromatic carbocycles. The number of aromatic nitrogens is 3. The van der Waals surface area contributed by atoms with Crippen LogP contribution in [0.1, 0.15) is 35.6 Å². The van der Waals surface area contributed by atoms with E-state index in [1.165, 1.54) is 17.8 Å². The van der Waals surface area contributed by atoms with Crippen LogP contribution >= 0.6 is 11.8 Å². The van der Waals surface area contributed by atoms with E-state index in [0.717, 1.165) is 5.56 Å². The van der Waals surface area contributed by atoms with Crippen molar-refractivity contribution >= 4 is 17.7 Å². The van der Waals surface area contributed by atoms with E-state index < -0.39 is 0 Å². The fraction of sp³-hybridized carbons (Fsp3) is 0.318. The van der Waals surface area contributed by atoms with E-state index >= 15 is 0 Å². The van der Waals surface area contributed by atoms with Crippen molar-refractivity contribution < 1.29 is 13.9 Å². The molecule has 0 saturated heterocycles. The van der Waals surface area contributed by atoms with Crippen molar-refractivity contribution in [3.63, 3.8) is 0 Å². The molecule has 3 aromatic rings. The highest BCUT2D eigenvalue weighted by atomic mass is 32.2. The largest absolute Gasteiger partial charge is 0.377 e. The van der Waals surface area contributed by atoms with Gasteiger partial charge in [0.15, 0.2) is 11.0 Å². The number of ether oxygens (including phenoxy) is 1.